The fourth-order valence-corrected chi connectivity index (χ4v) is 4.12. The number of hydrogen-bond acceptors (Lipinski definition) is 6. The van der Waals surface area contributed by atoms with Gasteiger partial charge in [-0.3, -0.25) is 4.79 Å². The number of β-amino-alcohol motifs (C(OH)–C–C–N with tert-alkyl or cyclic N) is 1. The molecule has 3 aromatic rings. The summed E-state index contributed by atoms with van der Waals surface area (Å²) < 4.78 is 0. The van der Waals surface area contributed by atoms with Crippen molar-refractivity contribution in [2.75, 3.05) is 12.3 Å². The number of benzene rings is 2. The zero-order chi connectivity index (χ0) is 25.6. The van der Waals surface area contributed by atoms with Crippen molar-refractivity contribution in [3.05, 3.63) is 88.1 Å². The molecule has 0 saturated carbocycles. The normalized spacial score (nSPS) is 12.4. The van der Waals surface area contributed by atoms with Gasteiger partial charge in [-0.15, -0.1) is 0 Å². The SMILES string of the molecule is Cc1cc(CNC(=O)Cc2cccc(CC(C)(C)NC[C@H](O)c3ccc(N)nc3)c2)cc(C)c1O. The monoisotopic (exact) mass is 476 g/mol. The van der Waals surface area contributed by atoms with E-state index in [0.29, 0.717) is 36.6 Å². The van der Waals surface area contributed by atoms with Gasteiger partial charge in [0.2, 0.25) is 5.91 Å². The van der Waals surface area contributed by atoms with Gasteiger partial charge in [-0.05, 0) is 68.0 Å². The Labute approximate surface area is 207 Å². The first-order valence-corrected chi connectivity index (χ1v) is 11.8. The summed E-state index contributed by atoms with van der Waals surface area (Å²) in [4.78, 5) is 16.6. The van der Waals surface area contributed by atoms with Gasteiger partial charge in [0, 0.05) is 30.4 Å². The first kappa shape index (κ1) is 26.2. The van der Waals surface area contributed by atoms with Crippen LogP contribution in [0.15, 0.2) is 54.7 Å². The molecule has 2 aromatic carbocycles. The number of aromatic nitrogens is 1. The van der Waals surface area contributed by atoms with Gasteiger partial charge in [-0.25, -0.2) is 4.98 Å². The number of nitrogen functional groups attached to an aromatic ring is 1. The number of aliphatic hydroxyl groups excluding tert-OH is 1. The first-order chi connectivity index (χ1) is 16.5. The van der Waals surface area contributed by atoms with Crippen molar-refractivity contribution in [2.24, 2.45) is 0 Å². The second-order valence-corrected chi connectivity index (χ2v) is 9.83. The number of phenols is 1. The molecule has 35 heavy (non-hydrogen) atoms. The van der Waals surface area contributed by atoms with Crippen LogP contribution in [0, 0.1) is 13.8 Å². The number of rotatable bonds is 10. The number of pyridine rings is 1. The highest BCUT2D eigenvalue weighted by atomic mass is 16.3. The number of aryl methyl sites for hydroxylation is 2. The molecule has 1 atom stereocenters. The Kier molecular flexibility index (Phi) is 8.48. The molecule has 1 amide bonds. The number of carbonyl (C=O) groups excluding carboxylic acids is 1. The molecule has 6 N–H and O–H groups in total. The standard InChI is InChI=1S/C28H36N4O3/c1-18-10-22(11-19(2)27(18)35)15-31-26(34)13-20-6-5-7-21(12-20)14-28(3,4)32-17-24(33)23-8-9-25(29)30-16-23/h5-12,16,24,32-33,35H,13-15,17H2,1-4H3,(H2,29,30)(H,31,34)/t24-/m0/s1. The van der Waals surface area contributed by atoms with Crippen LogP contribution < -0.4 is 16.4 Å². The summed E-state index contributed by atoms with van der Waals surface area (Å²) in [5.74, 6) is 0.669. The van der Waals surface area contributed by atoms with Crippen molar-refractivity contribution < 1.29 is 15.0 Å². The molecule has 186 valence electrons. The van der Waals surface area contributed by atoms with Crippen LogP contribution in [0.25, 0.3) is 0 Å². The van der Waals surface area contributed by atoms with Gasteiger partial charge >= 0.3 is 0 Å². The number of nitrogens with one attached hydrogen (secondary N) is 2. The molecular formula is C28H36N4O3. The lowest BCUT2D eigenvalue weighted by Gasteiger charge is -2.28. The van der Waals surface area contributed by atoms with Crippen LogP contribution in [-0.4, -0.2) is 33.2 Å². The molecule has 0 aliphatic heterocycles. The molecule has 1 aromatic heterocycles. The van der Waals surface area contributed by atoms with Crippen molar-refractivity contribution in [3.8, 4) is 5.75 Å². The summed E-state index contributed by atoms with van der Waals surface area (Å²) in [6.07, 6.45) is 1.94. The van der Waals surface area contributed by atoms with E-state index in [1.165, 1.54) is 0 Å². The minimum Gasteiger partial charge on any atom is -0.507 e. The second kappa shape index (κ2) is 11.3. The number of amides is 1. The largest absolute Gasteiger partial charge is 0.507 e. The van der Waals surface area contributed by atoms with Gasteiger partial charge in [0.15, 0.2) is 0 Å². The predicted molar refractivity (Wildman–Crippen MR) is 139 cm³/mol. The number of hydrogen-bond donors (Lipinski definition) is 5. The van der Waals surface area contributed by atoms with Gasteiger partial charge < -0.3 is 26.6 Å². The molecule has 0 aliphatic rings. The third-order valence-electron chi connectivity index (χ3n) is 6.01. The fourth-order valence-electron chi connectivity index (χ4n) is 4.12. The molecule has 0 unspecified atom stereocenters. The van der Waals surface area contributed by atoms with E-state index in [9.17, 15) is 15.0 Å². The van der Waals surface area contributed by atoms with E-state index >= 15 is 0 Å². The quantitative estimate of drug-likeness (QED) is 0.306. The molecule has 7 heteroatoms. The van der Waals surface area contributed by atoms with Crippen LogP contribution >= 0.6 is 0 Å². The van der Waals surface area contributed by atoms with E-state index in [-0.39, 0.29) is 11.4 Å². The molecule has 0 aliphatic carbocycles. The number of carbonyl (C=O) groups is 1. The zero-order valence-corrected chi connectivity index (χ0v) is 20.9. The zero-order valence-electron chi connectivity index (χ0n) is 20.9. The lowest BCUT2D eigenvalue weighted by Crippen LogP contribution is -2.43. The summed E-state index contributed by atoms with van der Waals surface area (Å²) in [5.41, 5.74) is 10.7. The number of aromatic hydroxyl groups is 1. The van der Waals surface area contributed by atoms with Crippen LogP contribution in [0.1, 0.15) is 53.3 Å². The number of anilines is 1. The number of nitrogens with two attached hydrogens (primary N) is 1. The molecule has 3 rings (SSSR count). The maximum atomic E-state index is 12.5. The highest BCUT2D eigenvalue weighted by Crippen LogP contribution is 2.23. The van der Waals surface area contributed by atoms with Crippen molar-refractivity contribution in [1.29, 1.82) is 0 Å². The van der Waals surface area contributed by atoms with Crippen LogP contribution in [0.2, 0.25) is 0 Å². The molecule has 0 spiro atoms. The van der Waals surface area contributed by atoms with E-state index in [1.54, 1.807) is 18.3 Å². The van der Waals surface area contributed by atoms with Crippen molar-refractivity contribution in [1.82, 2.24) is 15.6 Å². The molecular weight excluding hydrogens is 440 g/mol. The smallest absolute Gasteiger partial charge is 0.224 e. The lowest BCUT2D eigenvalue weighted by atomic mass is 9.93. The van der Waals surface area contributed by atoms with Crippen LogP contribution in [0.4, 0.5) is 5.82 Å². The van der Waals surface area contributed by atoms with Gasteiger partial charge in [0.05, 0.1) is 12.5 Å². The second-order valence-electron chi connectivity index (χ2n) is 9.83. The molecule has 0 saturated heterocycles. The van der Waals surface area contributed by atoms with Gasteiger partial charge in [0.1, 0.15) is 11.6 Å². The maximum Gasteiger partial charge on any atom is 0.224 e. The Hall–Kier alpha value is -3.42. The van der Waals surface area contributed by atoms with Gasteiger partial charge in [-0.2, -0.15) is 0 Å². The fraction of sp³-hybridized carbons (Fsp3) is 0.357. The Morgan fingerprint density at radius 2 is 1.74 bits per heavy atom. The minimum atomic E-state index is -0.682. The van der Waals surface area contributed by atoms with E-state index in [2.05, 4.69) is 35.5 Å². The number of phenolic OH excluding ortho intramolecular Hbond substituents is 1. The van der Waals surface area contributed by atoms with Gasteiger partial charge in [0.25, 0.3) is 0 Å². The van der Waals surface area contributed by atoms with Crippen LogP contribution in [0.5, 0.6) is 5.75 Å². The summed E-state index contributed by atoms with van der Waals surface area (Å²) >= 11 is 0. The molecule has 0 radical (unpaired) electrons. The minimum absolute atomic E-state index is 0.0526. The summed E-state index contributed by atoms with van der Waals surface area (Å²) in [7, 11) is 0. The van der Waals surface area contributed by atoms with E-state index in [4.69, 9.17) is 5.73 Å². The van der Waals surface area contributed by atoms with Crippen molar-refractivity contribution in [3.63, 3.8) is 0 Å². The number of nitrogens with zero attached hydrogens (tertiary/aromatic N) is 1. The maximum absolute atomic E-state index is 12.5. The molecule has 1 heterocycles. The Morgan fingerprint density at radius 1 is 1.06 bits per heavy atom. The highest BCUT2D eigenvalue weighted by molar-refractivity contribution is 5.78. The van der Waals surface area contributed by atoms with Crippen LogP contribution in [-0.2, 0) is 24.2 Å². The topological polar surface area (TPSA) is 120 Å². The third-order valence-corrected chi connectivity index (χ3v) is 6.01. The van der Waals surface area contributed by atoms with E-state index in [0.717, 1.165) is 34.2 Å². The summed E-state index contributed by atoms with van der Waals surface area (Å²) in [5, 5.41) is 26.8. The molecule has 0 bridgehead atoms. The van der Waals surface area contributed by atoms with Crippen molar-refractivity contribution >= 4 is 11.7 Å². The Balaban J connectivity index is 1.52. The third kappa shape index (κ3) is 7.80. The van der Waals surface area contributed by atoms with E-state index in [1.807, 2.05) is 44.2 Å². The highest BCUT2D eigenvalue weighted by Gasteiger charge is 2.20. The van der Waals surface area contributed by atoms with Gasteiger partial charge in [-0.1, -0.05) is 42.5 Å². The average Bonchev–Trinajstić information content (AvgIpc) is 2.80. The number of aliphatic hydroxyl groups is 1. The Bertz CT molecular complexity index is 1140. The molecule has 0 fully saturated rings. The van der Waals surface area contributed by atoms with Crippen molar-refractivity contribution in [2.45, 2.75) is 58.7 Å². The first-order valence-electron chi connectivity index (χ1n) is 11.8. The molecule has 7 nitrogen and oxygen atoms in total. The lowest BCUT2D eigenvalue weighted by molar-refractivity contribution is -0.120. The average molecular weight is 477 g/mol. The van der Waals surface area contributed by atoms with Crippen LogP contribution in [0.3, 0.4) is 0 Å². The predicted octanol–water partition coefficient (Wildman–Crippen LogP) is 3.49. The van der Waals surface area contributed by atoms with E-state index < -0.39 is 6.10 Å². The summed E-state index contributed by atoms with van der Waals surface area (Å²) in [6, 6.07) is 15.3. The Morgan fingerprint density at radius 3 is 2.40 bits per heavy atom. The summed E-state index contributed by atoms with van der Waals surface area (Å²) in [6.45, 7) is 8.68.